The second-order valence-corrected chi connectivity index (χ2v) is 3.11. The van der Waals surface area contributed by atoms with Crippen molar-refractivity contribution in [2.24, 2.45) is 0 Å². The fraction of sp³-hybridized carbons (Fsp3) is 0.200. The monoisotopic (exact) mass is 206 g/mol. The molecule has 0 aliphatic rings. The lowest BCUT2D eigenvalue weighted by Crippen LogP contribution is -2.20. The Balaban J connectivity index is 2.40. The Morgan fingerprint density at radius 3 is 2.80 bits per heavy atom. The molecule has 0 saturated carbocycles. The van der Waals surface area contributed by atoms with Crippen LogP contribution >= 0.6 is 0 Å². The van der Waals surface area contributed by atoms with Gasteiger partial charge in [0.05, 0.1) is 6.04 Å². The van der Waals surface area contributed by atoms with E-state index >= 15 is 0 Å². The lowest BCUT2D eigenvalue weighted by Gasteiger charge is -2.13. The Morgan fingerprint density at radius 2 is 2.20 bits per heavy atom. The first-order chi connectivity index (χ1) is 7.33. The molecule has 1 aromatic carbocycles. The molecule has 4 nitrogen and oxygen atoms in total. The Morgan fingerprint density at radius 1 is 1.40 bits per heavy atom. The van der Waals surface area contributed by atoms with E-state index in [0.717, 1.165) is 0 Å². The van der Waals surface area contributed by atoms with Crippen LogP contribution in [0, 0.1) is 5.82 Å². The van der Waals surface area contributed by atoms with Crippen molar-refractivity contribution in [2.45, 2.75) is 6.04 Å². The number of aromatic nitrogens is 3. The van der Waals surface area contributed by atoms with Gasteiger partial charge in [-0.1, -0.05) is 18.2 Å². The maximum absolute atomic E-state index is 13.5. The van der Waals surface area contributed by atoms with Crippen LogP contribution in [-0.4, -0.2) is 22.2 Å². The SMILES string of the molecule is CNC(c1ncn[nH]1)c1ccccc1F. The molecule has 5 heteroatoms. The van der Waals surface area contributed by atoms with Crippen molar-refractivity contribution >= 4 is 0 Å². The molecule has 0 aliphatic carbocycles. The number of nitrogens with one attached hydrogen (secondary N) is 2. The third-order valence-electron chi connectivity index (χ3n) is 2.21. The van der Waals surface area contributed by atoms with E-state index < -0.39 is 0 Å². The van der Waals surface area contributed by atoms with Crippen molar-refractivity contribution in [1.82, 2.24) is 20.5 Å². The van der Waals surface area contributed by atoms with Gasteiger partial charge in [-0.05, 0) is 13.1 Å². The predicted molar refractivity (Wildman–Crippen MR) is 53.7 cm³/mol. The molecule has 15 heavy (non-hydrogen) atoms. The van der Waals surface area contributed by atoms with E-state index in [4.69, 9.17) is 0 Å². The van der Waals surface area contributed by atoms with Gasteiger partial charge in [-0.25, -0.2) is 9.37 Å². The summed E-state index contributed by atoms with van der Waals surface area (Å²) in [5, 5.41) is 9.46. The first-order valence-electron chi connectivity index (χ1n) is 4.60. The van der Waals surface area contributed by atoms with Gasteiger partial charge in [0.25, 0.3) is 0 Å². The quantitative estimate of drug-likeness (QED) is 0.794. The molecule has 0 radical (unpaired) electrons. The van der Waals surface area contributed by atoms with Gasteiger partial charge in [0, 0.05) is 5.56 Å². The zero-order chi connectivity index (χ0) is 10.7. The van der Waals surface area contributed by atoms with E-state index in [0.29, 0.717) is 11.4 Å². The summed E-state index contributed by atoms with van der Waals surface area (Å²) >= 11 is 0. The Bertz CT molecular complexity index is 427. The second-order valence-electron chi connectivity index (χ2n) is 3.11. The van der Waals surface area contributed by atoms with Crippen molar-refractivity contribution < 1.29 is 4.39 Å². The molecule has 78 valence electrons. The van der Waals surface area contributed by atoms with E-state index in [1.165, 1.54) is 12.4 Å². The van der Waals surface area contributed by atoms with Crippen LogP contribution in [-0.2, 0) is 0 Å². The fourth-order valence-corrected chi connectivity index (χ4v) is 1.50. The van der Waals surface area contributed by atoms with Gasteiger partial charge < -0.3 is 5.32 Å². The topological polar surface area (TPSA) is 53.6 Å². The van der Waals surface area contributed by atoms with Crippen LogP contribution in [0.15, 0.2) is 30.6 Å². The number of nitrogens with zero attached hydrogens (tertiary/aromatic N) is 2. The minimum absolute atomic E-state index is 0.256. The lowest BCUT2D eigenvalue weighted by molar-refractivity contribution is 0.564. The lowest BCUT2D eigenvalue weighted by atomic mass is 10.1. The zero-order valence-corrected chi connectivity index (χ0v) is 8.24. The average Bonchev–Trinajstić information content (AvgIpc) is 2.75. The predicted octanol–water partition coefficient (Wildman–Crippen LogP) is 1.25. The van der Waals surface area contributed by atoms with Gasteiger partial charge in [-0.2, -0.15) is 5.10 Å². The van der Waals surface area contributed by atoms with Crippen LogP contribution in [0.1, 0.15) is 17.4 Å². The number of rotatable bonds is 3. The summed E-state index contributed by atoms with van der Waals surface area (Å²) in [5.74, 6) is 0.343. The van der Waals surface area contributed by atoms with Crippen LogP contribution in [0.2, 0.25) is 0 Å². The molecular weight excluding hydrogens is 195 g/mol. The maximum Gasteiger partial charge on any atom is 0.146 e. The van der Waals surface area contributed by atoms with E-state index in [9.17, 15) is 4.39 Å². The first-order valence-corrected chi connectivity index (χ1v) is 4.60. The van der Waals surface area contributed by atoms with Crippen LogP contribution in [0.4, 0.5) is 4.39 Å². The van der Waals surface area contributed by atoms with Crippen molar-refractivity contribution in [3.8, 4) is 0 Å². The summed E-state index contributed by atoms with van der Waals surface area (Å²) < 4.78 is 13.5. The molecule has 2 aromatic rings. The summed E-state index contributed by atoms with van der Waals surface area (Å²) in [5.41, 5.74) is 0.553. The van der Waals surface area contributed by atoms with Gasteiger partial charge in [0.15, 0.2) is 0 Å². The second kappa shape index (κ2) is 4.18. The molecule has 1 aromatic heterocycles. The highest BCUT2D eigenvalue weighted by molar-refractivity contribution is 5.25. The molecule has 1 unspecified atom stereocenters. The van der Waals surface area contributed by atoms with Crippen LogP contribution in [0.5, 0.6) is 0 Å². The summed E-state index contributed by atoms with van der Waals surface area (Å²) in [4.78, 5) is 4.01. The van der Waals surface area contributed by atoms with Gasteiger partial charge >= 0.3 is 0 Å². The average molecular weight is 206 g/mol. The Labute approximate surface area is 86.6 Å². The van der Waals surface area contributed by atoms with Crippen molar-refractivity contribution in [3.05, 3.63) is 47.8 Å². The summed E-state index contributed by atoms with van der Waals surface area (Å²) in [6, 6.07) is 6.30. The van der Waals surface area contributed by atoms with Crippen LogP contribution < -0.4 is 5.32 Å². The van der Waals surface area contributed by atoms with Crippen LogP contribution in [0.25, 0.3) is 0 Å². The van der Waals surface area contributed by atoms with Crippen molar-refractivity contribution in [2.75, 3.05) is 7.05 Å². The van der Waals surface area contributed by atoms with Gasteiger partial charge in [0.1, 0.15) is 18.0 Å². The van der Waals surface area contributed by atoms with Crippen molar-refractivity contribution in [3.63, 3.8) is 0 Å². The van der Waals surface area contributed by atoms with E-state index in [1.54, 1.807) is 25.2 Å². The molecule has 0 amide bonds. The third kappa shape index (κ3) is 1.87. The maximum atomic E-state index is 13.5. The summed E-state index contributed by atoms with van der Waals surface area (Å²) in [6.45, 7) is 0. The molecule has 0 bridgehead atoms. The van der Waals surface area contributed by atoms with Gasteiger partial charge in [0.2, 0.25) is 0 Å². The molecule has 2 N–H and O–H groups in total. The fourth-order valence-electron chi connectivity index (χ4n) is 1.50. The first kappa shape index (κ1) is 9.79. The zero-order valence-electron chi connectivity index (χ0n) is 8.24. The number of H-pyrrole nitrogens is 1. The third-order valence-corrected chi connectivity index (χ3v) is 2.21. The van der Waals surface area contributed by atoms with Gasteiger partial charge in [-0.3, -0.25) is 5.10 Å². The molecule has 1 atom stereocenters. The molecule has 0 fully saturated rings. The Kier molecular flexibility index (Phi) is 2.73. The smallest absolute Gasteiger partial charge is 0.146 e. The normalized spacial score (nSPS) is 12.7. The highest BCUT2D eigenvalue weighted by Crippen LogP contribution is 2.20. The molecule has 0 aliphatic heterocycles. The van der Waals surface area contributed by atoms with Crippen LogP contribution in [0.3, 0.4) is 0 Å². The summed E-state index contributed by atoms with van der Waals surface area (Å²) in [6.07, 6.45) is 1.40. The summed E-state index contributed by atoms with van der Waals surface area (Å²) in [7, 11) is 1.75. The Hall–Kier alpha value is -1.75. The number of hydrogen-bond acceptors (Lipinski definition) is 3. The highest BCUT2D eigenvalue weighted by Gasteiger charge is 2.17. The van der Waals surface area contributed by atoms with Crippen molar-refractivity contribution in [1.29, 1.82) is 0 Å². The molecule has 0 saturated heterocycles. The number of aromatic amines is 1. The number of hydrogen-bond donors (Lipinski definition) is 2. The largest absolute Gasteiger partial charge is 0.307 e. The highest BCUT2D eigenvalue weighted by atomic mass is 19.1. The minimum Gasteiger partial charge on any atom is -0.307 e. The molecular formula is C10H11FN4. The standard InChI is InChI=1S/C10H11FN4/c1-12-9(10-13-6-14-15-10)7-4-2-3-5-8(7)11/h2-6,9,12H,1H3,(H,13,14,15). The number of benzene rings is 1. The molecule has 0 spiro atoms. The van der Waals surface area contributed by atoms with Gasteiger partial charge in [-0.15, -0.1) is 0 Å². The van der Waals surface area contributed by atoms with E-state index in [1.807, 2.05) is 0 Å². The van der Waals surface area contributed by atoms with E-state index in [-0.39, 0.29) is 11.9 Å². The van der Waals surface area contributed by atoms with E-state index in [2.05, 4.69) is 20.5 Å². The minimum atomic E-state index is -0.298. The number of halogens is 1. The molecule has 1 heterocycles. The molecule has 2 rings (SSSR count).